The number of primary amides is 1. The van der Waals surface area contributed by atoms with Crippen molar-refractivity contribution in [3.8, 4) is 5.75 Å². The van der Waals surface area contributed by atoms with Crippen molar-refractivity contribution >= 4 is 35.8 Å². The van der Waals surface area contributed by atoms with E-state index in [0.29, 0.717) is 30.9 Å². The molecule has 1 unspecified atom stereocenters. The first-order valence-electron chi connectivity index (χ1n) is 15.1. The number of hydrogen-bond donors (Lipinski definition) is 10. The molecule has 3 rings (SSSR count). The molecule has 256 valence electrons. The largest absolute Gasteiger partial charge is 0.493 e. The lowest BCUT2D eigenvalue weighted by Crippen LogP contribution is -2.52. The molecule has 16 nitrogen and oxygen atoms in total. The highest BCUT2D eigenvalue weighted by atomic mass is 16.5. The monoisotopic (exact) mass is 655 g/mol. The second-order valence-electron chi connectivity index (χ2n) is 10.8. The number of hydrogen-bond acceptors (Lipinski definition) is 8. The van der Waals surface area contributed by atoms with Gasteiger partial charge in [-0.05, 0) is 61.3 Å². The maximum Gasteiger partial charge on any atom is 0.408 e. The lowest BCUT2D eigenvalue weighted by Gasteiger charge is -2.23. The fraction of sp³-hybridized carbons (Fsp3) is 0.419. The van der Waals surface area contributed by atoms with Crippen molar-refractivity contribution in [2.45, 2.75) is 63.6 Å². The van der Waals surface area contributed by atoms with Gasteiger partial charge in [0.15, 0.2) is 11.9 Å². The Morgan fingerprint density at radius 3 is 2.13 bits per heavy atom. The third kappa shape index (κ3) is 14.4. The van der Waals surface area contributed by atoms with Crippen molar-refractivity contribution in [2.75, 3.05) is 19.7 Å². The van der Waals surface area contributed by atoms with Crippen molar-refractivity contribution in [1.29, 1.82) is 10.8 Å². The van der Waals surface area contributed by atoms with Crippen molar-refractivity contribution in [1.82, 2.24) is 21.3 Å². The number of benzene rings is 2. The minimum atomic E-state index is -1.23. The lowest BCUT2D eigenvalue weighted by molar-refractivity contribution is -0.142. The van der Waals surface area contributed by atoms with Crippen LogP contribution in [0.4, 0.5) is 4.79 Å². The molecule has 0 bridgehead atoms. The number of guanidine groups is 2. The fourth-order valence-corrected chi connectivity index (χ4v) is 4.48. The molecule has 13 N–H and O–H groups in total. The molecule has 2 aromatic rings. The van der Waals surface area contributed by atoms with Gasteiger partial charge in [0.25, 0.3) is 0 Å². The summed E-state index contributed by atoms with van der Waals surface area (Å²) in [6, 6.07) is 12.2. The third-order valence-corrected chi connectivity index (χ3v) is 7.04. The van der Waals surface area contributed by atoms with E-state index in [2.05, 4.69) is 28.2 Å². The summed E-state index contributed by atoms with van der Waals surface area (Å²) in [5, 5.41) is 33.7. The van der Waals surface area contributed by atoms with Gasteiger partial charge in [0.2, 0.25) is 11.8 Å². The van der Waals surface area contributed by atoms with Crippen LogP contribution in [0.15, 0.2) is 48.5 Å². The number of fused-ring (bicyclic) bond motifs is 1. The van der Waals surface area contributed by atoms with Crippen molar-refractivity contribution in [3.05, 3.63) is 65.2 Å². The SMILES string of the molecule is CC1CCOc2cc(C(N)=O)ccc21.N=C(N)NCCC[C@H](NC(=O)[C@H](CCCNC(=N)N)NC(=O)OCc1ccccc1)C(=O)O. The number of carboxylic acids is 1. The second-order valence-corrected chi connectivity index (χ2v) is 10.8. The fourth-order valence-electron chi connectivity index (χ4n) is 4.48. The molecule has 2 aromatic carbocycles. The number of ether oxygens (including phenoxy) is 2. The number of nitrogens with one attached hydrogen (secondary N) is 6. The Kier molecular flexibility index (Phi) is 15.8. The quantitative estimate of drug-likeness (QED) is 0.0735. The first-order valence-corrected chi connectivity index (χ1v) is 15.1. The molecule has 0 radical (unpaired) electrons. The van der Waals surface area contributed by atoms with E-state index in [9.17, 15) is 24.3 Å². The van der Waals surface area contributed by atoms with Crippen LogP contribution in [-0.4, -0.2) is 72.7 Å². The summed E-state index contributed by atoms with van der Waals surface area (Å²) in [4.78, 5) is 47.4. The van der Waals surface area contributed by atoms with E-state index in [1.54, 1.807) is 36.4 Å². The van der Waals surface area contributed by atoms with E-state index in [4.69, 9.17) is 37.5 Å². The summed E-state index contributed by atoms with van der Waals surface area (Å²) in [5.74, 6) is -1.47. The number of carboxylic acid groups (broad SMARTS) is 1. The van der Waals surface area contributed by atoms with Crippen molar-refractivity contribution < 1.29 is 33.8 Å². The van der Waals surface area contributed by atoms with Crippen LogP contribution >= 0.6 is 0 Å². The summed E-state index contributed by atoms with van der Waals surface area (Å²) in [6.45, 7) is 3.45. The summed E-state index contributed by atoms with van der Waals surface area (Å²) in [6.07, 6.45) is 1.18. The molecule has 3 amide bonds. The van der Waals surface area contributed by atoms with Gasteiger partial charge in [-0.3, -0.25) is 20.4 Å². The zero-order chi connectivity index (χ0) is 34.8. The minimum Gasteiger partial charge on any atom is -0.493 e. The first kappa shape index (κ1) is 37.6. The number of amides is 3. The number of rotatable bonds is 15. The summed E-state index contributed by atoms with van der Waals surface area (Å²) in [5.41, 5.74) is 18.0. The Hall–Kier alpha value is -5.54. The molecule has 16 heteroatoms. The van der Waals surface area contributed by atoms with Gasteiger partial charge >= 0.3 is 12.1 Å². The highest BCUT2D eigenvalue weighted by Crippen LogP contribution is 2.33. The maximum atomic E-state index is 12.7. The van der Waals surface area contributed by atoms with Crippen LogP contribution in [0.1, 0.15) is 66.4 Å². The first-order chi connectivity index (χ1) is 22.4. The average Bonchev–Trinajstić information content (AvgIpc) is 3.03. The van der Waals surface area contributed by atoms with Crippen LogP contribution in [0.5, 0.6) is 5.75 Å². The molecular formula is C31H45N9O7. The zero-order valence-electron chi connectivity index (χ0n) is 26.3. The average molecular weight is 656 g/mol. The van der Waals surface area contributed by atoms with Gasteiger partial charge in [0.05, 0.1) is 6.61 Å². The van der Waals surface area contributed by atoms with Gasteiger partial charge in [0, 0.05) is 18.7 Å². The molecule has 0 aromatic heterocycles. The topological polar surface area (TPSA) is 281 Å². The number of aliphatic carboxylic acids is 1. The van der Waals surface area contributed by atoms with E-state index in [1.807, 2.05) is 12.1 Å². The normalized spacial score (nSPS) is 14.3. The maximum absolute atomic E-state index is 12.7. The lowest BCUT2D eigenvalue weighted by atomic mass is 9.94. The van der Waals surface area contributed by atoms with Crippen molar-refractivity contribution in [3.63, 3.8) is 0 Å². The molecule has 1 heterocycles. The highest BCUT2D eigenvalue weighted by Gasteiger charge is 2.26. The van der Waals surface area contributed by atoms with E-state index in [1.165, 1.54) is 5.56 Å². The third-order valence-electron chi connectivity index (χ3n) is 7.04. The molecule has 1 aliphatic heterocycles. The molecule has 3 atom stereocenters. The van der Waals surface area contributed by atoms with Crippen LogP contribution in [0, 0.1) is 10.8 Å². The molecule has 0 fully saturated rings. The molecule has 0 saturated carbocycles. The number of alkyl carbamates (subject to hydrolysis) is 1. The van der Waals surface area contributed by atoms with Gasteiger partial charge in [-0.25, -0.2) is 9.59 Å². The Bertz CT molecular complexity index is 1370. The van der Waals surface area contributed by atoms with Crippen molar-refractivity contribution in [2.24, 2.45) is 17.2 Å². The summed E-state index contributed by atoms with van der Waals surface area (Å²) >= 11 is 0. The molecule has 0 saturated heterocycles. The standard InChI is InChI=1S/C20H32N8O5.C11H13NO2/c21-18(22)25-10-4-8-14(28-20(32)33-12-13-6-2-1-3-7-13)16(29)27-15(17(30)31)9-5-11-26-19(23)24;1-7-4-5-14-10-6-8(11(12)13)2-3-9(7)10/h1-3,6-7,14-15H,4-5,8-12H2,(H,27,29)(H,28,32)(H,30,31)(H4,21,22,25)(H4,23,24,26);2-3,6-7H,4-5H2,1H3,(H2,12,13)/t14-,15-;/m0./s1. The van der Waals surface area contributed by atoms with E-state index in [-0.39, 0.29) is 37.9 Å². The minimum absolute atomic E-state index is 0.00774. The van der Waals surface area contributed by atoms with Crippen LogP contribution in [0.3, 0.4) is 0 Å². The van der Waals surface area contributed by atoms with E-state index < -0.39 is 36.0 Å². The Morgan fingerprint density at radius 2 is 1.55 bits per heavy atom. The van der Waals surface area contributed by atoms with E-state index in [0.717, 1.165) is 24.3 Å². The number of nitrogens with two attached hydrogens (primary N) is 3. The van der Waals surface area contributed by atoms with Crippen LogP contribution in [0.2, 0.25) is 0 Å². The molecule has 1 aliphatic rings. The van der Waals surface area contributed by atoms with Gasteiger partial charge in [-0.1, -0.05) is 43.3 Å². The van der Waals surface area contributed by atoms with Gasteiger partial charge in [0.1, 0.15) is 24.4 Å². The molecule has 0 aliphatic carbocycles. The second kappa shape index (κ2) is 19.8. The van der Waals surface area contributed by atoms with Crippen LogP contribution in [-0.2, 0) is 20.9 Å². The van der Waals surface area contributed by atoms with Gasteiger partial charge in [-0.15, -0.1) is 0 Å². The Labute approximate surface area is 273 Å². The predicted molar refractivity (Wildman–Crippen MR) is 175 cm³/mol. The predicted octanol–water partition coefficient (Wildman–Crippen LogP) is 1.05. The van der Waals surface area contributed by atoms with Gasteiger partial charge in [-0.2, -0.15) is 0 Å². The number of carbonyl (C=O) groups excluding carboxylic acids is 3. The Morgan fingerprint density at radius 1 is 0.936 bits per heavy atom. The van der Waals surface area contributed by atoms with E-state index >= 15 is 0 Å². The van der Waals surface area contributed by atoms with Crippen LogP contribution in [0.25, 0.3) is 0 Å². The van der Waals surface area contributed by atoms with Gasteiger partial charge < -0.3 is 53.0 Å². The molecule has 47 heavy (non-hydrogen) atoms. The summed E-state index contributed by atoms with van der Waals surface area (Å²) < 4.78 is 10.6. The Balaban J connectivity index is 0.000000450. The molecule has 0 spiro atoms. The number of carbonyl (C=O) groups is 4. The van der Waals surface area contributed by atoms with Crippen LogP contribution < -0.4 is 43.2 Å². The smallest absolute Gasteiger partial charge is 0.408 e. The highest BCUT2D eigenvalue weighted by molar-refractivity contribution is 5.93. The zero-order valence-corrected chi connectivity index (χ0v) is 26.3. The summed E-state index contributed by atoms with van der Waals surface area (Å²) in [7, 11) is 0. The molecular weight excluding hydrogens is 610 g/mol.